The monoisotopic (exact) mass is 269 g/mol. The Morgan fingerprint density at radius 1 is 1.05 bits per heavy atom. The first kappa shape index (κ1) is 14.8. The first-order valence-electron chi connectivity index (χ1n) is 7.11. The highest BCUT2D eigenvalue weighted by Gasteiger charge is 2.15. The maximum atomic E-state index is 9.63. The van der Waals surface area contributed by atoms with Crippen LogP contribution in [0.2, 0.25) is 0 Å². The maximum Gasteiger partial charge on any atom is 0.0626 e. The number of hydrogen-bond donors (Lipinski definition) is 2. The highest BCUT2D eigenvalue weighted by molar-refractivity contribution is 5.33. The van der Waals surface area contributed by atoms with E-state index < -0.39 is 0 Å². The second kappa shape index (κ2) is 6.69. The second-order valence-corrected chi connectivity index (χ2v) is 5.39. The van der Waals surface area contributed by atoms with E-state index in [1.807, 2.05) is 30.3 Å². The van der Waals surface area contributed by atoms with Crippen molar-refractivity contribution in [3.63, 3.8) is 0 Å². The van der Waals surface area contributed by atoms with Gasteiger partial charge < -0.3 is 10.4 Å². The van der Waals surface area contributed by atoms with Crippen molar-refractivity contribution in [3.8, 4) is 0 Å². The third kappa shape index (κ3) is 3.47. The molecule has 2 unspecified atom stereocenters. The molecule has 0 aliphatic heterocycles. The summed E-state index contributed by atoms with van der Waals surface area (Å²) < 4.78 is 0. The fourth-order valence-electron chi connectivity index (χ4n) is 2.64. The van der Waals surface area contributed by atoms with Gasteiger partial charge in [0.25, 0.3) is 0 Å². The first-order valence-corrected chi connectivity index (χ1v) is 7.11. The van der Waals surface area contributed by atoms with Crippen molar-refractivity contribution in [1.82, 2.24) is 5.32 Å². The minimum atomic E-state index is -0.0353. The van der Waals surface area contributed by atoms with Crippen LogP contribution in [0.1, 0.15) is 41.3 Å². The molecule has 0 aliphatic rings. The third-order valence-electron chi connectivity index (χ3n) is 3.73. The van der Waals surface area contributed by atoms with Gasteiger partial charge in [0.15, 0.2) is 0 Å². The number of aryl methyl sites for hydroxylation is 2. The van der Waals surface area contributed by atoms with Crippen LogP contribution in [-0.2, 0) is 0 Å². The molecule has 2 aromatic rings. The van der Waals surface area contributed by atoms with Crippen molar-refractivity contribution in [3.05, 3.63) is 70.8 Å². The molecule has 2 atom stereocenters. The van der Waals surface area contributed by atoms with Crippen LogP contribution in [0.4, 0.5) is 0 Å². The second-order valence-electron chi connectivity index (χ2n) is 5.39. The lowest BCUT2D eigenvalue weighted by Crippen LogP contribution is -2.27. The van der Waals surface area contributed by atoms with E-state index in [-0.39, 0.29) is 18.7 Å². The molecule has 0 bridgehead atoms. The van der Waals surface area contributed by atoms with Crippen LogP contribution < -0.4 is 5.32 Å². The van der Waals surface area contributed by atoms with Crippen LogP contribution in [0.5, 0.6) is 0 Å². The number of nitrogens with one attached hydrogen (secondary N) is 1. The van der Waals surface area contributed by atoms with Gasteiger partial charge in [0.2, 0.25) is 0 Å². The van der Waals surface area contributed by atoms with E-state index >= 15 is 0 Å². The molecule has 0 radical (unpaired) electrons. The zero-order valence-electron chi connectivity index (χ0n) is 12.4. The predicted octanol–water partition coefficient (Wildman–Crippen LogP) is 3.69. The van der Waals surface area contributed by atoms with Gasteiger partial charge in [0.1, 0.15) is 0 Å². The lowest BCUT2D eigenvalue weighted by Gasteiger charge is -2.24. The molecule has 20 heavy (non-hydrogen) atoms. The molecular formula is C18H23NO. The Morgan fingerprint density at radius 2 is 1.75 bits per heavy atom. The summed E-state index contributed by atoms with van der Waals surface area (Å²) in [6, 6.07) is 16.8. The minimum absolute atomic E-state index is 0.0353. The van der Waals surface area contributed by atoms with Crippen molar-refractivity contribution in [1.29, 1.82) is 0 Å². The average Bonchev–Trinajstić information content (AvgIpc) is 2.45. The normalized spacial score (nSPS) is 14.0. The van der Waals surface area contributed by atoms with Gasteiger partial charge >= 0.3 is 0 Å². The highest BCUT2D eigenvalue weighted by Crippen LogP contribution is 2.22. The van der Waals surface area contributed by atoms with Crippen molar-refractivity contribution in [2.75, 3.05) is 6.61 Å². The predicted molar refractivity (Wildman–Crippen MR) is 83.7 cm³/mol. The molecule has 0 spiro atoms. The van der Waals surface area contributed by atoms with Crippen molar-refractivity contribution >= 4 is 0 Å². The van der Waals surface area contributed by atoms with Gasteiger partial charge in [-0.3, -0.25) is 0 Å². The summed E-state index contributed by atoms with van der Waals surface area (Å²) in [5.41, 5.74) is 4.96. The van der Waals surface area contributed by atoms with Crippen LogP contribution in [0, 0.1) is 13.8 Å². The molecule has 0 saturated carbocycles. The van der Waals surface area contributed by atoms with Gasteiger partial charge in [-0.2, -0.15) is 0 Å². The van der Waals surface area contributed by atoms with E-state index in [0.717, 1.165) is 5.56 Å². The molecule has 2 heteroatoms. The van der Waals surface area contributed by atoms with Crippen molar-refractivity contribution in [2.24, 2.45) is 0 Å². The van der Waals surface area contributed by atoms with Crippen LogP contribution >= 0.6 is 0 Å². The maximum absolute atomic E-state index is 9.63. The number of rotatable bonds is 5. The summed E-state index contributed by atoms with van der Waals surface area (Å²) in [6.07, 6.45) is 0. The van der Waals surface area contributed by atoms with Gasteiger partial charge in [-0.15, -0.1) is 0 Å². The Hall–Kier alpha value is -1.64. The molecule has 0 heterocycles. The van der Waals surface area contributed by atoms with E-state index in [4.69, 9.17) is 0 Å². The minimum Gasteiger partial charge on any atom is -0.394 e. The van der Waals surface area contributed by atoms with Gasteiger partial charge in [-0.1, -0.05) is 54.1 Å². The van der Waals surface area contributed by atoms with Gasteiger partial charge in [-0.25, -0.2) is 0 Å². The molecule has 2 N–H and O–H groups in total. The Kier molecular flexibility index (Phi) is 4.94. The van der Waals surface area contributed by atoms with E-state index in [0.29, 0.717) is 0 Å². The van der Waals surface area contributed by atoms with Gasteiger partial charge in [-0.05, 0) is 37.5 Å². The van der Waals surface area contributed by atoms with E-state index in [9.17, 15) is 5.11 Å². The molecular weight excluding hydrogens is 246 g/mol. The largest absolute Gasteiger partial charge is 0.394 e. The standard InChI is InChI=1S/C18H23NO/c1-13-9-10-17(14(2)11-13)15(3)19-18(12-20)16-7-5-4-6-8-16/h4-11,15,18-20H,12H2,1-3H3. The van der Waals surface area contributed by atoms with E-state index in [2.05, 4.69) is 44.3 Å². The first-order chi connectivity index (χ1) is 9.61. The van der Waals surface area contributed by atoms with Crippen molar-refractivity contribution in [2.45, 2.75) is 32.9 Å². The summed E-state index contributed by atoms with van der Waals surface area (Å²) in [4.78, 5) is 0. The Balaban J connectivity index is 2.15. The molecule has 0 aromatic heterocycles. The summed E-state index contributed by atoms with van der Waals surface area (Å²) in [5.74, 6) is 0. The quantitative estimate of drug-likeness (QED) is 0.867. The van der Waals surface area contributed by atoms with Crippen molar-refractivity contribution < 1.29 is 5.11 Å². The van der Waals surface area contributed by atoms with Crippen LogP contribution in [0.15, 0.2) is 48.5 Å². The topological polar surface area (TPSA) is 32.3 Å². The Labute approximate surface area is 121 Å². The molecule has 2 nitrogen and oxygen atoms in total. The fourth-order valence-corrected chi connectivity index (χ4v) is 2.64. The van der Waals surface area contributed by atoms with Crippen LogP contribution in [-0.4, -0.2) is 11.7 Å². The lowest BCUT2D eigenvalue weighted by molar-refractivity contribution is 0.235. The molecule has 0 aliphatic carbocycles. The number of aliphatic hydroxyl groups excluding tert-OH is 1. The van der Waals surface area contributed by atoms with Gasteiger partial charge in [0, 0.05) is 6.04 Å². The van der Waals surface area contributed by atoms with Gasteiger partial charge in [0.05, 0.1) is 12.6 Å². The highest BCUT2D eigenvalue weighted by atomic mass is 16.3. The fraction of sp³-hybridized carbons (Fsp3) is 0.333. The third-order valence-corrected chi connectivity index (χ3v) is 3.73. The van der Waals surface area contributed by atoms with Crippen LogP contribution in [0.25, 0.3) is 0 Å². The smallest absolute Gasteiger partial charge is 0.0626 e. The number of hydrogen-bond acceptors (Lipinski definition) is 2. The summed E-state index contributed by atoms with van der Waals surface area (Å²) in [6.45, 7) is 6.48. The number of benzene rings is 2. The molecule has 2 rings (SSSR count). The molecule has 106 valence electrons. The van der Waals surface area contributed by atoms with E-state index in [1.165, 1.54) is 16.7 Å². The van der Waals surface area contributed by atoms with Crippen LogP contribution in [0.3, 0.4) is 0 Å². The summed E-state index contributed by atoms with van der Waals surface area (Å²) in [7, 11) is 0. The Bertz CT molecular complexity index is 551. The summed E-state index contributed by atoms with van der Waals surface area (Å²) >= 11 is 0. The zero-order chi connectivity index (χ0) is 14.5. The Morgan fingerprint density at radius 3 is 2.35 bits per heavy atom. The average molecular weight is 269 g/mol. The number of aliphatic hydroxyl groups is 1. The summed E-state index contributed by atoms with van der Waals surface area (Å²) in [5, 5.41) is 13.1. The zero-order valence-corrected chi connectivity index (χ0v) is 12.4. The molecule has 2 aromatic carbocycles. The van der Waals surface area contributed by atoms with E-state index in [1.54, 1.807) is 0 Å². The molecule has 0 fully saturated rings. The molecule has 0 saturated heterocycles. The lowest BCUT2D eigenvalue weighted by atomic mass is 9.98. The SMILES string of the molecule is Cc1ccc(C(C)NC(CO)c2ccccc2)c(C)c1. The molecule has 0 amide bonds.